The normalized spacial score (nSPS) is 10.2. The summed E-state index contributed by atoms with van der Waals surface area (Å²) in [5.74, 6) is -0.343. The summed E-state index contributed by atoms with van der Waals surface area (Å²) >= 11 is 1.12. The zero-order valence-electron chi connectivity index (χ0n) is 18.0. The number of esters is 2. The highest BCUT2D eigenvalue weighted by Crippen LogP contribution is 2.18. The van der Waals surface area contributed by atoms with Gasteiger partial charge in [-0.25, -0.2) is 14.6 Å². The first-order valence-corrected chi connectivity index (χ1v) is 10.8. The monoisotopic (exact) mass is 470 g/mol. The van der Waals surface area contributed by atoms with Crippen molar-refractivity contribution in [2.45, 2.75) is 13.5 Å². The number of ether oxygens (including phenoxy) is 4. The highest BCUT2D eigenvalue weighted by atomic mass is 32.1. The van der Waals surface area contributed by atoms with Crippen molar-refractivity contribution in [1.29, 1.82) is 0 Å². The van der Waals surface area contributed by atoms with E-state index in [0.717, 1.165) is 11.3 Å². The van der Waals surface area contributed by atoms with Crippen LogP contribution < -0.4 is 14.8 Å². The third-order valence-corrected chi connectivity index (χ3v) is 5.04. The molecule has 0 aliphatic rings. The lowest BCUT2D eigenvalue weighted by Gasteiger charge is -2.09. The summed E-state index contributed by atoms with van der Waals surface area (Å²) in [4.78, 5) is 40.0. The lowest BCUT2D eigenvalue weighted by molar-refractivity contribution is -0.118. The van der Waals surface area contributed by atoms with Crippen LogP contribution in [0.25, 0.3) is 0 Å². The van der Waals surface area contributed by atoms with Crippen molar-refractivity contribution in [3.05, 3.63) is 70.2 Å². The van der Waals surface area contributed by atoms with Crippen molar-refractivity contribution >= 4 is 34.9 Å². The van der Waals surface area contributed by atoms with E-state index in [2.05, 4.69) is 10.3 Å². The van der Waals surface area contributed by atoms with Crippen LogP contribution in [0.4, 0.5) is 5.69 Å². The number of rotatable bonds is 10. The minimum atomic E-state index is -0.553. The number of methoxy groups -OCH3 is 1. The zero-order chi connectivity index (χ0) is 23.6. The molecule has 0 unspecified atom stereocenters. The van der Waals surface area contributed by atoms with Gasteiger partial charge in [0.2, 0.25) is 5.01 Å². The van der Waals surface area contributed by atoms with E-state index in [0.29, 0.717) is 28.4 Å². The molecule has 3 aromatic rings. The maximum atomic E-state index is 12.2. The van der Waals surface area contributed by atoms with E-state index >= 15 is 0 Å². The number of carbonyl (C=O) groups is 3. The maximum absolute atomic E-state index is 12.2. The highest BCUT2D eigenvalue weighted by molar-refractivity contribution is 7.11. The third-order valence-electron chi connectivity index (χ3n) is 4.17. The molecule has 1 heterocycles. The Hall–Kier alpha value is -3.92. The van der Waals surface area contributed by atoms with E-state index in [4.69, 9.17) is 18.9 Å². The summed E-state index contributed by atoms with van der Waals surface area (Å²) in [5, 5.41) is 4.55. The van der Waals surface area contributed by atoms with E-state index in [1.54, 1.807) is 55.8 Å². The van der Waals surface area contributed by atoms with E-state index < -0.39 is 11.9 Å². The summed E-state index contributed by atoms with van der Waals surface area (Å²) in [6, 6.07) is 13.2. The molecule has 0 aliphatic heterocycles. The minimum Gasteiger partial charge on any atom is -0.497 e. The molecule has 0 spiro atoms. The third kappa shape index (κ3) is 7.04. The van der Waals surface area contributed by atoms with Crippen molar-refractivity contribution in [1.82, 2.24) is 4.98 Å². The van der Waals surface area contributed by atoms with Gasteiger partial charge in [0, 0.05) is 17.1 Å². The van der Waals surface area contributed by atoms with Gasteiger partial charge < -0.3 is 24.3 Å². The van der Waals surface area contributed by atoms with Crippen molar-refractivity contribution < 1.29 is 33.3 Å². The second-order valence-corrected chi connectivity index (χ2v) is 7.39. The summed E-state index contributed by atoms with van der Waals surface area (Å²) in [5.41, 5.74) is 1.36. The summed E-state index contributed by atoms with van der Waals surface area (Å²) in [6.45, 7) is 1.70. The Morgan fingerprint density at radius 1 is 1.00 bits per heavy atom. The summed E-state index contributed by atoms with van der Waals surface area (Å²) in [7, 11) is 1.55. The molecule has 10 heteroatoms. The van der Waals surface area contributed by atoms with Gasteiger partial charge in [-0.2, -0.15) is 0 Å². The van der Waals surface area contributed by atoms with E-state index in [1.165, 1.54) is 12.1 Å². The Morgan fingerprint density at radius 3 is 2.52 bits per heavy atom. The molecule has 0 saturated heterocycles. The van der Waals surface area contributed by atoms with Crippen molar-refractivity contribution in [2.24, 2.45) is 0 Å². The molecular weight excluding hydrogens is 448 g/mol. The number of aromatic nitrogens is 1. The molecule has 0 atom stereocenters. The molecule has 0 aliphatic carbocycles. The average Bonchev–Trinajstić information content (AvgIpc) is 3.31. The van der Waals surface area contributed by atoms with Gasteiger partial charge >= 0.3 is 11.9 Å². The number of hydrogen-bond donors (Lipinski definition) is 1. The Balaban J connectivity index is 1.45. The van der Waals surface area contributed by atoms with Crippen molar-refractivity contribution in [2.75, 3.05) is 25.6 Å². The molecule has 1 amide bonds. The number of amides is 1. The van der Waals surface area contributed by atoms with Gasteiger partial charge in [-0.1, -0.05) is 6.07 Å². The number of nitrogens with zero attached hydrogens (tertiary/aromatic N) is 1. The quantitative estimate of drug-likeness (QED) is 0.446. The Morgan fingerprint density at radius 2 is 1.79 bits per heavy atom. The van der Waals surface area contributed by atoms with Crippen LogP contribution in [-0.2, 0) is 20.9 Å². The topological polar surface area (TPSA) is 113 Å². The van der Waals surface area contributed by atoms with E-state index in [-0.39, 0.29) is 30.7 Å². The maximum Gasteiger partial charge on any atom is 0.367 e. The van der Waals surface area contributed by atoms with Gasteiger partial charge in [0.1, 0.15) is 18.1 Å². The smallest absolute Gasteiger partial charge is 0.367 e. The summed E-state index contributed by atoms with van der Waals surface area (Å²) < 4.78 is 20.7. The van der Waals surface area contributed by atoms with Crippen molar-refractivity contribution in [3.63, 3.8) is 0 Å². The Labute approximate surface area is 194 Å². The number of anilines is 1. The Bertz CT molecular complexity index is 1110. The van der Waals surface area contributed by atoms with Crippen LogP contribution in [0.5, 0.6) is 11.5 Å². The molecular formula is C23H22N2O7S. The fraction of sp³-hybridized carbons (Fsp3) is 0.217. The number of hydrogen-bond acceptors (Lipinski definition) is 9. The zero-order valence-corrected chi connectivity index (χ0v) is 18.8. The Kier molecular flexibility index (Phi) is 8.36. The number of nitrogens with one attached hydrogen (secondary N) is 1. The fourth-order valence-corrected chi connectivity index (χ4v) is 3.31. The molecule has 0 radical (unpaired) electrons. The van der Waals surface area contributed by atoms with Crippen molar-refractivity contribution in [3.8, 4) is 11.5 Å². The van der Waals surface area contributed by atoms with Gasteiger partial charge in [-0.3, -0.25) is 4.79 Å². The molecule has 2 aromatic carbocycles. The lowest BCUT2D eigenvalue weighted by Crippen LogP contribution is -2.20. The van der Waals surface area contributed by atoms with Crippen LogP contribution in [0, 0.1) is 0 Å². The SMILES string of the molecule is CCOC(=O)c1nc(COC(=O)c2ccc(OCC(=O)Nc3cccc(OC)c3)cc2)cs1. The van der Waals surface area contributed by atoms with E-state index in [9.17, 15) is 14.4 Å². The predicted octanol–water partition coefficient (Wildman–Crippen LogP) is 3.70. The van der Waals surface area contributed by atoms with Gasteiger partial charge in [0.15, 0.2) is 6.61 Å². The molecule has 0 bridgehead atoms. The molecule has 3 rings (SSSR count). The predicted molar refractivity (Wildman–Crippen MR) is 121 cm³/mol. The minimum absolute atomic E-state index is 0.0720. The first-order chi connectivity index (χ1) is 16.0. The van der Waals surface area contributed by atoms with Gasteiger partial charge in [0.05, 0.1) is 25.0 Å². The molecule has 1 aromatic heterocycles. The lowest BCUT2D eigenvalue weighted by atomic mass is 10.2. The standard InChI is InChI=1S/C23H22N2O7S/c1-3-30-23(28)21-25-17(14-33-21)12-32-22(27)15-7-9-18(10-8-15)31-13-20(26)24-16-5-4-6-19(11-16)29-2/h4-11,14H,3,12-13H2,1-2H3,(H,24,26). The molecule has 33 heavy (non-hydrogen) atoms. The number of thiazole rings is 1. The highest BCUT2D eigenvalue weighted by Gasteiger charge is 2.14. The van der Waals surface area contributed by atoms with Crippen LogP contribution in [-0.4, -0.2) is 43.2 Å². The largest absolute Gasteiger partial charge is 0.497 e. The number of carbonyl (C=O) groups excluding carboxylic acids is 3. The first kappa shape index (κ1) is 23.7. The average molecular weight is 471 g/mol. The fourth-order valence-electron chi connectivity index (χ4n) is 2.62. The van der Waals surface area contributed by atoms with Gasteiger partial charge in [-0.05, 0) is 43.3 Å². The molecule has 1 N–H and O–H groups in total. The van der Waals surface area contributed by atoms with Crippen LogP contribution >= 0.6 is 11.3 Å². The molecule has 0 fully saturated rings. The van der Waals surface area contributed by atoms with Crippen LogP contribution in [0.15, 0.2) is 53.9 Å². The van der Waals surface area contributed by atoms with E-state index in [1.807, 2.05) is 0 Å². The second-order valence-electron chi connectivity index (χ2n) is 6.53. The number of benzene rings is 2. The van der Waals surface area contributed by atoms with Crippen LogP contribution in [0.2, 0.25) is 0 Å². The van der Waals surface area contributed by atoms with Crippen LogP contribution in [0.3, 0.4) is 0 Å². The van der Waals surface area contributed by atoms with Crippen LogP contribution in [0.1, 0.15) is 32.8 Å². The first-order valence-electron chi connectivity index (χ1n) is 9.94. The van der Waals surface area contributed by atoms with Gasteiger partial charge in [-0.15, -0.1) is 11.3 Å². The van der Waals surface area contributed by atoms with Gasteiger partial charge in [0.25, 0.3) is 5.91 Å². The molecule has 0 saturated carbocycles. The molecule has 172 valence electrons. The second kappa shape index (κ2) is 11.6. The molecule has 9 nitrogen and oxygen atoms in total. The summed E-state index contributed by atoms with van der Waals surface area (Å²) in [6.07, 6.45) is 0.